The SMILES string of the molecule is CC1CCCC(N(C)CCC2CCCC2(N)C(N)=O)C1. The molecule has 0 aromatic rings. The molecular weight excluding hydrogens is 250 g/mol. The summed E-state index contributed by atoms with van der Waals surface area (Å²) in [5, 5.41) is 0. The molecule has 116 valence electrons. The molecule has 1 amide bonds. The van der Waals surface area contributed by atoms with E-state index in [2.05, 4.69) is 18.9 Å². The predicted octanol–water partition coefficient (Wildman–Crippen LogP) is 1.87. The lowest BCUT2D eigenvalue weighted by Gasteiger charge is -2.36. The fourth-order valence-electron chi connectivity index (χ4n) is 4.17. The van der Waals surface area contributed by atoms with Gasteiger partial charge >= 0.3 is 0 Å². The molecule has 4 heteroatoms. The summed E-state index contributed by atoms with van der Waals surface area (Å²) in [5.41, 5.74) is 11.0. The van der Waals surface area contributed by atoms with Crippen molar-refractivity contribution in [3.05, 3.63) is 0 Å². The molecule has 0 aliphatic heterocycles. The highest BCUT2D eigenvalue weighted by atomic mass is 16.1. The molecule has 2 saturated carbocycles. The first-order chi connectivity index (χ1) is 9.43. The van der Waals surface area contributed by atoms with E-state index < -0.39 is 5.54 Å². The highest BCUT2D eigenvalue weighted by Crippen LogP contribution is 2.36. The highest BCUT2D eigenvalue weighted by Gasteiger charge is 2.44. The van der Waals surface area contributed by atoms with Crippen LogP contribution in [0.3, 0.4) is 0 Å². The Morgan fingerprint density at radius 2 is 2.05 bits per heavy atom. The zero-order chi connectivity index (χ0) is 14.8. The van der Waals surface area contributed by atoms with E-state index in [1.165, 1.54) is 25.7 Å². The molecule has 0 aromatic heterocycles. The molecule has 4 unspecified atom stereocenters. The van der Waals surface area contributed by atoms with Crippen molar-refractivity contribution in [1.82, 2.24) is 4.90 Å². The third-order valence-electron chi connectivity index (χ3n) is 5.69. The van der Waals surface area contributed by atoms with Crippen LogP contribution in [0, 0.1) is 11.8 Å². The molecule has 0 radical (unpaired) electrons. The number of rotatable bonds is 5. The van der Waals surface area contributed by atoms with E-state index in [4.69, 9.17) is 11.5 Å². The predicted molar refractivity (Wildman–Crippen MR) is 82.1 cm³/mol. The van der Waals surface area contributed by atoms with Gasteiger partial charge in [0, 0.05) is 6.04 Å². The Bertz CT molecular complexity index is 347. The van der Waals surface area contributed by atoms with Gasteiger partial charge in [-0.15, -0.1) is 0 Å². The average molecular weight is 281 g/mol. The number of carbonyl (C=O) groups is 1. The summed E-state index contributed by atoms with van der Waals surface area (Å²) >= 11 is 0. The van der Waals surface area contributed by atoms with Crippen LogP contribution in [0.15, 0.2) is 0 Å². The van der Waals surface area contributed by atoms with Gasteiger partial charge < -0.3 is 16.4 Å². The minimum Gasteiger partial charge on any atom is -0.368 e. The van der Waals surface area contributed by atoms with E-state index in [0.29, 0.717) is 6.04 Å². The van der Waals surface area contributed by atoms with Gasteiger partial charge in [-0.2, -0.15) is 0 Å². The average Bonchev–Trinajstić information content (AvgIpc) is 2.79. The van der Waals surface area contributed by atoms with E-state index in [-0.39, 0.29) is 11.8 Å². The molecule has 4 atom stereocenters. The molecule has 20 heavy (non-hydrogen) atoms. The summed E-state index contributed by atoms with van der Waals surface area (Å²) in [6.45, 7) is 3.39. The topological polar surface area (TPSA) is 72.3 Å². The Labute approximate surface area is 123 Å². The van der Waals surface area contributed by atoms with Crippen LogP contribution in [0.5, 0.6) is 0 Å². The van der Waals surface area contributed by atoms with Crippen LogP contribution in [0.2, 0.25) is 0 Å². The molecule has 2 rings (SSSR count). The number of hydrogen-bond donors (Lipinski definition) is 2. The van der Waals surface area contributed by atoms with E-state index >= 15 is 0 Å². The van der Waals surface area contributed by atoms with Gasteiger partial charge in [-0.25, -0.2) is 0 Å². The van der Waals surface area contributed by atoms with Gasteiger partial charge in [0.1, 0.15) is 0 Å². The first kappa shape index (κ1) is 15.8. The Morgan fingerprint density at radius 1 is 1.30 bits per heavy atom. The molecule has 0 saturated heterocycles. The fourth-order valence-corrected chi connectivity index (χ4v) is 4.17. The molecule has 4 N–H and O–H groups in total. The first-order valence-electron chi connectivity index (χ1n) is 8.22. The monoisotopic (exact) mass is 281 g/mol. The van der Waals surface area contributed by atoms with Gasteiger partial charge in [-0.1, -0.05) is 26.2 Å². The number of nitrogens with two attached hydrogens (primary N) is 2. The maximum atomic E-state index is 11.6. The molecule has 0 aromatic carbocycles. The minimum atomic E-state index is -0.749. The number of primary amides is 1. The Morgan fingerprint density at radius 3 is 2.70 bits per heavy atom. The lowest BCUT2D eigenvalue weighted by atomic mass is 9.83. The number of carbonyl (C=O) groups excluding carboxylic acids is 1. The second kappa shape index (κ2) is 6.44. The van der Waals surface area contributed by atoms with Gasteiger partial charge in [0.05, 0.1) is 5.54 Å². The van der Waals surface area contributed by atoms with Crippen LogP contribution >= 0.6 is 0 Å². The van der Waals surface area contributed by atoms with Crippen molar-refractivity contribution in [3.63, 3.8) is 0 Å². The molecule has 2 aliphatic rings. The van der Waals surface area contributed by atoms with Gasteiger partial charge in [-0.3, -0.25) is 4.79 Å². The van der Waals surface area contributed by atoms with Crippen LogP contribution in [0.1, 0.15) is 58.3 Å². The molecule has 2 fully saturated rings. The summed E-state index contributed by atoms with van der Waals surface area (Å²) in [5.74, 6) is 0.805. The van der Waals surface area contributed by atoms with Crippen molar-refractivity contribution in [2.24, 2.45) is 23.3 Å². The lowest BCUT2D eigenvalue weighted by Crippen LogP contribution is -2.55. The minimum absolute atomic E-state index is 0.267. The number of hydrogen-bond acceptors (Lipinski definition) is 3. The van der Waals surface area contributed by atoms with Gasteiger partial charge in [0.15, 0.2) is 0 Å². The van der Waals surface area contributed by atoms with Gasteiger partial charge in [-0.05, 0) is 57.5 Å². The highest BCUT2D eigenvalue weighted by molar-refractivity contribution is 5.85. The van der Waals surface area contributed by atoms with Crippen molar-refractivity contribution in [2.75, 3.05) is 13.6 Å². The third kappa shape index (κ3) is 3.34. The van der Waals surface area contributed by atoms with Gasteiger partial charge in [0.2, 0.25) is 5.91 Å². The molecule has 4 nitrogen and oxygen atoms in total. The Balaban J connectivity index is 1.83. The number of amides is 1. The summed E-state index contributed by atoms with van der Waals surface area (Å²) in [7, 11) is 2.22. The standard InChI is InChI=1S/C16H31N3O/c1-12-5-3-7-14(11-12)19(2)10-8-13-6-4-9-16(13,18)15(17)20/h12-14H,3-11,18H2,1-2H3,(H2,17,20). The van der Waals surface area contributed by atoms with E-state index in [9.17, 15) is 4.79 Å². The van der Waals surface area contributed by atoms with Crippen molar-refractivity contribution >= 4 is 5.91 Å². The number of nitrogens with zero attached hydrogens (tertiary/aromatic N) is 1. The van der Waals surface area contributed by atoms with Crippen molar-refractivity contribution in [3.8, 4) is 0 Å². The Hall–Kier alpha value is -0.610. The largest absolute Gasteiger partial charge is 0.368 e. The van der Waals surface area contributed by atoms with Crippen LogP contribution in [-0.2, 0) is 4.79 Å². The molecule has 2 aliphatic carbocycles. The summed E-state index contributed by atoms with van der Waals surface area (Å²) in [6, 6.07) is 0.709. The second-order valence-corrected chi connectivity index (χ2v) is 7.19. The van der Waals surface area contributed by atoms with Crippen LogP contribution < -0.4 is 11.5 Å². The maximum absolute atomic E-state index is 11.6. The smallest absolute Gasteiger partial charge is 0.237 e. The third-order valence-corrected chi connectivity index (χ3v) is 5.69. The van der Waals surface area contributed by atoms with E-state index in [1.54, 1.807) is 0 Å². The zero-order valence-corrected chi connectivity index (χ0v) is 13.1. The molecule has 0 heterocycles. The second-order valence-electron chi connectivity index (χ2n) is 7.19. The maximum Gasteiger partial charge on any atom is 0.237 e. The molecule has 0 bridgehead atoms. The first-order valence-corrected chi connectivity index (χ1v) is 8.22. The van der Waals surface area contributed by atoms with Crippen LogP contribution in [-0.4, -0.2) is 36.0 Å². The summed E-state index contributed by atoms with van der Waals surface area (Å²) in [6.07, 6.45) is 9.20. The van der Waals surface area contributed by atoms with Crippen LogP contribution in [0.4, 0.5) is 0 Å². The lowest BCUT2D eigenvalue weighted by molar-refractivity contribution is -0.124. The summed E-state index contributed by atoms with van der Waals surface area (Å²) in [4.78, 5) is 14.1. The zero-order valence-electron chi connectivity index (χ0n) is 13.1. The van der Waals surface area contributed by atoms with E-state index in [1.807, 2.05) is 0 Å². The Kier molecular flexibility index (Phi) is 5.08. The molecule has 0 spiro atoms. The van der Waals surface area contributed by atoms with Crippen LogP contribution in [0.25, 0.3) is 0 Å². The normalized spacial score (nSPS) is 38.3. The quantitative estimate of drug-likeness (QED) is 0.808. The van der Waals surface area contributed by atoms with Gasteiger partial charge in [0.25, 0.3) is 0 Å². The van der Waals surface area contributed by atoms with Crippen molar-refractivity contribution in [1.29, 1.82) is 0 Å². The van der Waals surface area contributed by atoms with Crippen molar-refractivity contribution < 1.29 is 4.79 Å². The molecular formula is C16H31N3O. The fraction of sp³-hybridized carbons (Fsp3) is 0.938. The van der Waals surface area contributed by atoms with E-state index in [0.717, 1.165) is 38.1 Å². The summed E-state index contributed by atoms with van der Waals surface area (Å²) < 4.78 is 0. The van der Waals surface area contributed by atoms with Crippen molar-refractivity contribution in [2.45, 2.75) is 69.9 Å².